The van der Waals surface area contributed by atoms with Gasteiger partial charge in [0.2, 0.25) is 5.91 Å². The highest BCUT2D eigenvalue weighted by molar-refractivity contribution is 7.14. The lowest BCUT2D eigenvalue weighted by Gasteiger charge is -2.26. The molecule has 1 aliphatic heterocycles. The highest BCUT2D eigenvalue weighted by Crippen LogP contribution is 2.17. The van der Waals surface area contributed by atoms with Gasteiger partial charge < -0.3 is 10.2 Å². The van der Waals surface area contributed by atoms with Gasteiger partial charge in [-0.2, -0.15) is 0 Å². The summed E-state index contributed by atoms with van der Waals surface area (Å²) in [5, 5.41) is 8.04. The van der Waals surface area contributed by atoms with Gasteiger partial charge in [0.05, 0.1) is 12.1 Å². The number of hydrogen-bond donors (Lipinski definition) is 2. The Kier molecular flexibility index (Phi) is 6.74. The Morgan fingerprint density at radius 2 is 1.88 bits per heavy atom. The van der Waals surface area contributed by atoms with Gasteiger partial charge in [-0.25, -0.2) is 4.98 Å². The molecule has 2 aromatic rings. The highest BCUT2D eigenvalue weighted by Gasteiger charge is 2.12. The molecule has 2 amide bonds. The minimum absolute atomic E-state index is 0.0340. The number of anilines is 1. The predicted molar refractivity (Wildman–Crippen MR) is 104 cm³/mol. The van der Waals surface area contributed by atoms with E-state index in [1.807, 2.05) is 23.6 Å². The van der Waals surface area contributed by atoms with E-state index in [1.54, 1.807) is 12.1 Å². The van der Waals surface area contributed by atoms with Gasteiger partial charge in [-0.15, -0.1) is 11.3 Å². The third-order valence-electron chi connectivity index (χ3n) is 4.35. The van der Waals surface area contributed by atoms with Crippen LogP contribution < -0.4 is 10.6 Å². The van der Waals surface area contributed by atoms with Crippen molar-refractivity contribution in [3.63, 3.8) is 0 Å². The SMILES string of the molecule is O=C(Cc1csc(NC(=O)c2ccccc2)n1)NCCN1CCCCC1. The van der Waals surface area contributed by atoms with Crippen molar-refractivity contribution < 1.29 is 9.59 Å². The van der Waals surface area contributed by atoms with Gasteiger partial charge >= 0.3 is 0 Å². The summed E-state index contributed by atoms with van der Waals surface area (Å²) in [5.41, 5.74) is 1.26. The highest BCUT2D eigenvalue weighted by atomic mass is 32.1. The second-order valence-electron chi connectivity index (χ2n) is 6.39. The van der Waals surface area contributed by atoms with E-state index in [9.17, 15) is 9.59 Å². The van der Waals surface area contributed by atoms with Crippen LogP contribution >= 0.6 is 11.3 Å². The second kappa shape index (κ2) is 9.45. The molecule has 0 atom stereocenters. The van der Waals surface area contributed by atoms with Crippen LogP contribution in [0.15, 0.2) is 35.7 Å². The van der Waals surface area contributed by atoms with Crippen molar-refractivity contribution in [1.29, 1.82) is 0 Å². The molecule has 0 aliphatic carbocycles. The number of hydrogen-bond acceptors (Lipinski definition) is 5. The number of rotatable bonds is 7. The number of amides is 2. The molecule has 1 aromatic heterocycles. The molecule has 138 valence electrons. The number of carbonyl (C=O) groups is 2. The Labute approximate surface area is 157 Å². The first-order valence-electron chi connectivity index (χ1n) is 9.00. The van der Waals surface area contributed by atoms with Gasteiger partial charge in [0.1, 0.15) is 0 Å². The maximum atomic E-state index is 12.1. The average Bonchev–Trinajstić information content (AvgIpc) is 3.10. The van der Waals surface area contributed by atoms with Gasteiger partial charge in [-0.3, -0.25) is 14.9 Å². The van der Waals surface area contributed by atoms with Crippen molar-refractivity contribution in [2.45, 2.75) is 25.7 Å². The Morgan fingerprint density at radius 3 is 2.65 bits per heavy atom. The molecule has 6 nitrogen and oxygen atoms in total. The summed E-state index contributed by atoms with van der Waals surface area (Å²) in [7, 11) is 0. The minimum atomic E-state index is -0.197. The van der Waals surface area contributed by atoms with Crippen molar-refractivity contribution in [1.82, 2.24) is 15.2 Å². The summed E-state index contributed by atoms with van der Waals surface area (Å²) < 4.78 is 0. The summed E-state index contributed by atoms with van der Waals surface area (Å²) in [6, 6.07) is 8.99. The van der Waals surface area contributed by atoms with Crippen molar-refractivity contribution in [3.05, 3.63) is 47.0 Å². The average molecular weight is 372 g/mol. The van der Waals surface area contributed by atoms with Gasteiger partial charge in [0.15, 0.2) is 5.13 Å². The zero-order valence-corrected chi connectivity index (χ0v) is 15.6. The number of likely N-dealkylation sites (tertiary alicyclic amines) is 1. The first-order chi connectivity index (χ1) is 12.7. The topological polar surface area (TPSA) is 74.3 Å². The molecule has 1 aromatic carbocycles. The van der Waals surface area contributed by atoms with Crippen LogP contribution in [-0.4, -0.2) is 47.9 Å². The van der Waals surface area contributed by atoms with E-state index < -0.39 is 0 Å². The molecule has 1 fully saturated rings. The largest absolute Gasteiger partial charge is 0.354 e. The zero-order valence-electron chi connectivity index (χ0n) is 14.7. The van der Waals surface area contributed by atoms with Crippen LogP contribution in [0, 0.1) is 0 Å². The molecule has 26 heavy (non-hydrogen) atoms. The van der Waals surface area contributed by atoms with Crippen LogP contribution in [-0.2, 0) is 11.2 Å². The van der Waals surface area contributed by atoms with E-state index in [0.717, 1.165) is 19.6 Å². The Bertz CT molecular complexity index is 726. The smallest absolute Gasteiger partial charge is 0.257 e. The summed E-state index contributed by atoms with van der Waals surface area (Å²) in [4.78, 5) is 30.9. The lowest BCUT2D eigenvalue weighted by Crippen LogP contribution is -2.38. The first-order valence-corrected chi connectivity index (χ1v) is 9.88. The normalized spacial score (nSPS) is 14.8. The zero-order chi connectivity index (χ0) is 18.2. The minimum Gasteiger partial charge on any atom is -0.354 e. The fraction of sp³-hybridized carbons (Fsp3) is 0.421. The van der Waals surface area contributed by atoms with Crippen LogP contribution in [0.1, 0.15) is 35.3 Å². The van der Waals surface area contributed by atoms with E-state index in [1.165, 1.54) is 30.6 Å². The molecule has 1 aliphatic rings. The standard InChI is InChI=1S/C19H24N4O2S/c24-17(20-9-12-23-10-5-2-6-11-23)13-16-14-26-19(21-16)22-18(25)15-7-3-1-4-8-15/h1,3-4,7-8,14H,2,5-6,9-13H2,(H,20,24)(H,21,22,25). The number of piperidine rings is 1. The quantitative estimate of drug-likeness (QED) is 0.783. The van der Waals surface area contributed by atoms with E-state index in [0.29, 0.717) is 22.9 Å². The molecule has 2 heterocycles. The van der Waals surface area contributed by atoms with Crippen LogP contribution in [0.25, 0.3) is 0 Å². The lowest BCUT2D eigenvalue weighted by atomic mass is 10.1. The molecule has 0 bridgehead atoms. The third kappa shape index (κ3) is 5.64. The number of aromatic nitrogens is 1. The second-order valence-corrected chi connectivity index (χ2v) is 7.25. The van der Waals surface area contributed by atoms with Crippen LogP contribution in [0.2, 0.25) is 0 Å². The van der Waals surface area contributed by atoms with Crippen molar-refractivity contribution in [3.8, 4) is 0 Å². The van der Waals surface area contributed by atoms with Crippen LogP contribution in [0.5, 0.6) is 0 Å². The van der Waals surface area contributed by atoms with Crippen molar-refractivity contribution >= 4 is 28.3 Å². The van der Waals surface area contributed by atoms with Crippen LogP contribution in [0.3, 0.4) is 0 Å². The van der Waals surface area contributed by atoms with E-state index in [-0.39, 0.29) is 18.2 Å². The Balaban J connectivity index is 1.41. The number of thiazole rings is 1. The lowest BCUT2D eigenvalue weighted by molar-refractivity contribution is -0.120. The summed E-state index contributed by atoms with van der Waals surface area (Å²) in [6.45, 7) is 3.83. The summed E-state index contributed by atoms with van der Waals surface area (Å²) in [6.07, 6.45) is 4.06. The van der Waals surface area contributed by atoms with E-state index >= 15 is 0 Å². The fourth-order valence-corrected chi connectivity index (χ4v) is 3.67. The molecule has 1 saturated heterocycles. The van der Waals surface area contributed by atoms with Gasteiger partial charge in [0.25, 0.3) is 5.91 Å². The fourth-order valence-electron chi connectivity index (χ4n) is 2.97. The Morgan fingerprint density at radius 1 is 1.12 bits per heavy atom. The maximum absolute atomic E-state index is 12.1. The number of carbonyl (C=O) groups excluding carboxylic acids is 2. The molecule has 0 unspecified atom stereocenters. The van der Waals surface area contributed by atoms with Crippen LogP contribution in [0.4, 0.5) is 5.13 Å². The molecule has 7 heteroatoms. The predicted octanol–water partition coefficient (Wildman–Crippen LogP) is 2.54. The first kappa shape index (κ1) is 18.5. The Hall–Kier alpha value is -2.25. The monoisotopic (exact) mass is 372 g/mol. The number of nitrogens with zero attached hydrogens (tertiary/aromatic N) is 2. The molecule has 3 rings (SSSR count). The third-order valence-corrected chi connectivity index (χ3v) is 5.16. The van der Waals surface area contributed by atoms with E-state index in [2.05, 4.69) is 20.5 Å². The molecule has 2 N–H and O–H groups in total. The van der Waals surface area contributed by atoms with E-state index in [4.69, 9.17) is 0 Å². The molecule has 0 radical (unpaired) electrons. The summed E-state index contributed by atoms with van der Waals surface area (Å²) >= 11 is 1.33. The van der Waals surface area contributed by atoms with Crippen molar-refractivity contribution in [2.24, 2.45) is 0 Å². The number of nitrogens with one attached hydrogen (secondary N) is 2. The van der Waals surface area contributed by atoms with Gasteiger partial charge in [0, 0.05) is 24.0 Å². The summed E-state index contributed by atoms with van der Waals surface area (Å²) in [5.74, 6) is -0.231. The molecule has 0 spiro atoms. The van der Waals surface area contributed by atoms with Gasteiger partial charge in [-0.1, -0.05) is 24.6 Å². The maximum Gasteiger partial charge on any atom is 0.257 e. The molecular formula is C19H24N4O2S. The number of benzene rings is 1. The molecule has 0 saturated carbocycles. The molecular weight excluding hydrogens is 348 g/mol. The van der Waals surface area contributed by atoms with Gasteiger partial charge in [-0.05, 0) is 38.1 Å². The van der Waals surface area contributed by atoms with Crippen molar-refractivity contribution in [2.75, 3.05) is 31.5 Å².